The molecule has 2 saturated carbocycles. The Balaban J connectivity index is 2.30. The Bertz CT molecular complexity index is 258. The van der Waals surface area contributed by atoms with Crippen molar-refractivity contribution in [2.45, 2.75) is 73.6 Å². The van der Waals surface area contributed by atoms with Gasteiger partial charge < -0.3 is 0 Å². The highest BCUT2D eigenvalue weighted by Crippen LogP contribution is 2.63. The van der Waals surface area contributed by atoms with Crippen molar-refractivity contribution in [3.05, 3.63) is 0 Å². The summed E-state index contributed by atoms with van der Waals surface area (Å²) in [6.07, 6.45) is 7.32. The smallest absolute Gasteiger partial charge is 0.0292 e. The van der Waals surface area contributed by atoms with Crippen LogP contribution >= 0.6 is 0 Å². The van der Waals surface area contributed by atoms with Crippen molar-refractivity contribution in [3.8, 4) is 0 Å². The lowest BCUT2D eigenvalue weighted by molar-refractivity contribution is -0.0873. The molecule has 0 aromatic carbocycles. The second-order valence-electron chi connectivity index (χ2n) is 8.47. The van der Waals surface area contributed by atoms with Crippen LogP contribution in [0.2, 0.25) is 0 Å². The van der Waals surface area contributed by atoms with Crippen molar-refractivity contribution in [1.82, 2.24) is 0 Å². The zero-order valence-corrected chi connectivity index (χ0v) is 12.2. The first-order chi connectivity index (χ1) is 7.17. The van der Waals surface area contributed by atoms with Gasteiger partial charge in [-0.3, -0.25) is 0 Å². The van der Waals surface area contributed by atoms with E-state index in [1.54, 1.807) is 0 Å². The third kappa shape index (κ3) is 2.05. The van der Waals surface area contributed by atoms with Gasteiger partial charge in [-0.25, -0.2) is 0 Å². The lowest BCUT2D eigenvalue weighted by Gasteiger charge is -2.59. The molecule has 0 radical (unpaired) electrons. The summed E-state index contributed by atoms with van der Waals surface area (Å²) in [5.74, 6) is 1.78. The largest absolute Gasteiger partial charge is 0.0625 e. The molecule has 0 aromatic heterocycles. The van der Waals surface area contributed by atoms with Crippen LogP contribution in [0.3, 0.4) is 0 Å². The number of hydrogen-bond acceptors (Lipinski definition) is 0. The predicted octanol–water partition coefficient (Wildman–Crippen LogP) is 5.28. The zero-order valence-electron chi connectivity index (χ0n) is 12.2. The predicted molar refractivity (Wildman–Crippen MR) is 71.4 cm³/mol. The standard InChI is InChI=1S/C16H30/c1-12(2)16(6)10-14(4)7-13(3)8-15(5,9-14)11-16/h12-13H,7-11H2,1-6H3. The maximum atomic E-state index is 2.56. The van der Waals surface area contributed by atoms with Crippen molar-refractivity contribution >= 4 is 0 Å². The molecule has 2 aliphatic carbocycles. The molecule has 94 valence electrons. The van der Waals surface area contributed by atoms with Gasteiger partial charge in [0.2, 0.25) is 0 Å². The molecule has 2 fully saturated rings. The van der Waals surface area contributed by atoms with E-state index in [1.807, 2.05) is 0 Å². The van der Waals surface area contributed by atoms with E-state index < -0.39 is 0 Å². The Morgan fingerprint density at radius 2 is 1.31 bits per heavy atom. The Hall–Kier alpha value is 0. The summed E-state index contributed by atoms with van der Waals surface area (Å²) in [5.41, 5.74) is 1.84. The molecular formula is C16H30. The van der Waals surface area contributed by atoms with Crippen molar-refractivity contribution in [2.75, 3.05) is 0 Å². The van der Waals surface area contributed by atoms with Crippen molar-refractivity contribution in [2.24, 2.45) is 28.1 Å². The van der Waals surface area contributed by atoms with Gasteiger partial charge >= 0.3 is 0 Å². The molecule has 0 spiro atoms. The molecule has 0 heterocycles. The average Bonchev–Trinajstić information content (AvgIpc) is 1.95. The van der Waals surface area contributed by atoms with Crippen LogP contribution in [0, 0.1) is 28.1 Å². The lowest BCUT2D eigenvalue weighted by atomic mass is 9.46. The van der Waals surface area contributed by atoms with Gasteiger partial charge in [0.1, 0.15) is 0 Å². The van der Waals surface area contributed by atoms with E-state index in [1.165, 1.54) is 32.1 Å². The Kier molecular flexibility index (Phi) is 2.72. The Labute approximate surface area is 102 Å². The first kappa shape index (κ1) is 12.5. The van der Waals surface area contributed by atoms with Gasteiger partial charge in [-0.15, -0.1) is 0 Å². The first-order valence-electron chi connectivity index (χ1n) is 7.17. The van der Waals surface area contributed by atoms with Crippen LogP contribution in [-0.4, -0.2) is 0 Å². The number of fused-ring (bicyclic) bond motifs is 2. The molecule has 0 N–H and O–H groups in total. The quantitative estimate of drug-likeness (QED) is 0.566. The minimum Gasteiger partial charge on any atom is -0.0625 e. The maximum Gasteiger partial charge on any atom is -0.0292 e. The van der Waals surface area contributed by atoms with E-state index in [0.29, 0.717) is 16.2 Å². The van der Waals surface area contributed by atoms with Gasteiger partial charge in [-0.2, -0.15) is 0 Å². The molecule has 0 aliphatic heterocycles. The fourth-order valence-corrected chi connectivity index (χ4v) is 5.62. The topological polar surface area (TPSA) is 0 Å². The van der Waals surface area contributed by atoms with Crippen molar-refractivity contribution < 1.29 is 0 Å². The maximum absolute atomic E-state index is 2.56. The zero-order chi connectivity index (χ0) is 12.2. The number of hydrogen-bond donors (Lipinski definition) is 0. The van der Waals surface area contributed by atoms with E-state index in [2.05, 4.69) is 41.5 Å². The molecule has 2 atom stereocenters. The monoisotopic (exact) mass is 222 g/mol. The normalized spacial score (nSPS) is 53.1. The summed E-state index contributed by atoms with van der Waals surface area (Å²) >= 11 is 0. The molecular weight excluding hydrogens is 192 g/mol. The molecule has 2 bridgehead atoms. The molecule has 2 rings (SSSR count). The highest BCUT2D eigenvalue weighted by molar-refractivity contribution is 5.03. The van der Waals surface area contributed by atoms with E-state index in [4.69, 9.17) is 0 Å². The van der Waals surface area contributed by atoms with Crippen molar-refractivity contribution in [3.63, 3.8) is 0 Å². The molecule has 2 unspecified atom stereocenters. The van der Waals surface area contributed by atoms with Gasteiger partial charge in [-0.1, -0.05) is 41.5 Å². The highest BCUT2D eigenvalue weighted by atomic mass is 14.6. The summed E-state index contributed by atoms with van der Waals surface area (Å²) in [4.78, 5) is 0. The second-order valence-corrected chi connectivity index (χ2v) is 8.47. The highest BCUT2D eigenvalue weighted by Gasteiger charge is 2.53. The third-order valence-corrected chi connectivity index (χ3v) is 5.59. The summed E-state index contributed by atoms with van der Waals surface area (Å²) in [6.45, 7) is 15.0. The van der Waals surface area contributed by atoms with Crippen LogP contribution in [0.25, 0.3) is 0 Å². The SMILES string of the molecule is CC1CC2(C)CC(C)(C1)CC(C)(C(C)C)C2. The third-order valence-electron chi connectivity index (χ3n) is 5.59. The van der Waals surface area contributed by atoms with Crippen LogP contribution in [0.5, 0.6) is 0 Å². The summed E-state index contributed by atoms with van der Waals surface area (Å²) in [6, 6.07) is 0. The van der Waals surface area contributed by atoms with Crippen LogP contribution in [0.4, 0.5) is 0 Å². The van der Waals surface area contributed by atoms with Gasteiger partial charge in [0.25, 0.3) is 0 Å². The van der Waals surface area contributed by atoms with E-state index >= 15 is 0 Å². The molecule has 16 heavy (non-hydrogen) atoms. The van der Waals surface area contributed by atoms with E-state index in [0.717, 1.165) is 11.8 Å². The minimum atomic E-state index is 0.585. The van der Waals surface area contributed by atoms with Crippen LogP contribution in [-0.2, 0) is 0 Å². The average molecular weight is 222 g/mol. The summed E-state index contributed by atoms with van der Waals surface area (Å²) in [7, 11) is 0. The van der Waals surface area contributed by atoms with Gasteiger partial charge in [0.05, 0.1) is 0 Å². The molecule has 0 heteroatoms. The molecule has 2 aliphatic rings. The fourth-order valence-electron chi connectivity index (χ4n) is 5.62. The molecule has 0 aromatic rings. The fraction of sp³-hybridized carbons (Fsp3) is 1.00. The van der Waals surface area contributed by atoms with E-state index in [9.17, 15) is 0 Å². The Morgan fingerprint density at radius 1 is 0.875 bits per heavy atom. The minimum absolute atomic E-state index is 0.585. The Morgan fingerprint density at radius 3 is 1.69 bits per heavy atom. The van der Waals surface area contributed by atoms with Crippen molar-refractivity contribution in [1.29, 1.82) is 0 Å². The number of rotatable bonds is 1. The first-order valence-corrected chi connectivity index (χ1v) is 7.17. The molecule has 0 saturated heterocycles. The van der Waals surface area contributed by atoms with Crippen LogP contribution < -0.4 is 0 Å². The van der Waals surface area contributed by atoms with E-state index in [-0.39, 0.29) is 0 Å². The van der Waals surface area contributed by atoms with Crippen LogP contribution in [0.15, 0.2) is 0 Å². The molecule has 0 nitrogen and oxygen atoms in total. The van der Waals surface area contributed by atoms with Gasteiger partial charge in [0, 0.05) is 0 Å². The summed E-state index contributed by atoms with van der Waals surface area (Å²) < 4.78 is 0. The second kappa shape index (κ2) is 3.50. The van der Waals surface area contributed by atoms with Gasteiger partial charge in [-0.05, 0) is 60.2 Å². The summed E-state index contributed by atoms with van der Waals surface area (Å²) in [5, 5.41) is 0. The molecule has 0 amide bonds. The lowest BCUT2D eigenvalue weighted by Crippen LogP contribution is -2.49. The van der Waals surface area contributed by atoms with Gasteiger partial charge in [0.15, 0.2) is 0 Å². The van der Waals surface area contributed by atoms with Crippen LogP contribution in [0.1, 0.15) is 73.6 Å².